The molecule has 0 aliphatic carbocycles. The third-order valence-electron chi connectivity index (χ3n) is 7.34. The van der Waals surface area contributed by atoms with Crippen molar-refractivity contribution in [2.45, 2.75) is 44.9 Å². The fourth-order valence-corrected chi connectivity index (χ4v) is 6.46. The summed E-state index contributed by atoms with van der Waals surface area (Å²) < 4.78 is 13.1. The van der Waals surface area contributed by atoms with Crippen molar-refractivity contribution in [3.63, 3.8) is 0 Å². The summed E-state index contributed by atoms with van der Waals surface area (Å²) in [7, 11) is 0. The van der Waals surface area contributed by atoms with Gasteiger partial charge in [0.15, 0.2) is 11.5 Å². The highest BCUT2D eigenvalue weighted by Crippen LogP contribution is 2.50. The van der Waals surface area contributed by atoms with Crippen LogP contribution in [0.4, 0.5) is 5.82 Å². The lowest BCUT2D eigenvalue weighted by atomic mass is 9.87. The van der Waals surface area contributed by atoms with Crippen LogP contribution in [-0.4, -0.2) is 45.7 Å². The number of hydrogen-bond acceptors (Lipinski definition) is 7. The van der Waals surface area contributed by atoms with Crippen molar-refractivity contribution < 1.29 is 19.1 Å². The largest absolute Gasteiger partial charge is 0.454 e. The minimum atomic E-state index is -0.354. The van der Waals surface area contributed by atoms with Gasteiger partial charge < -0.3 is 14.8 Å². The minimum absolute atomic E-state index is 0.145. The van der Waals surface area contributed by atoms with Gasteiger partial charge in [-0.2, -0.15) is 5.10 Å². The van der Waals surface area contributed by atoms with Gasteiger partial charge in [-0.25, -0.2) is 4.68 Å². The maximum absolute atomic E-state index is 13.9. The van der Waals surface area contributed by atoms with Gasteiger partial charge in [0, 0.05) is 17.2 Å². The number of anilines is 1. The van der Waals surface area contributed by atoms with Crippen LogP contribution >= 0.6 is 11.8 Å². The number of para-hydroxylation sites is 1. The average molecular weight is 584 g/mol. The molecule has 10 heteroatoms. The number of thioether (sulfide) groups is 1. The maximum Gasteiger partial charge on any atom is 0.240 e. The predicted molar refractivity (Wildman–Crippen MR) is 162 cm³/mol. The van der Waals surface area contributed by atoms with Crippen LogP contribution in [0, 0.1) is 6.92 Å². The number of ether oxygens (including phenoxy) is 2. The zero-order chi connectivity index (χ0) is 29.4. The van der Waals surface area contributed by atoms with Gasteiger partial charge in [0.2, 0.25) is 18.6 Å². The second kappa shape index (κ2) is 11.2. The number of aryl methyl sites for hydroxylation is 1. The Hall–Kier alpha value is -4.31. The number of nitrogens with one attached hydrogen (secondary N) is 1. The summed E-state index contributed by atoms with van der Waals surface area (Å²) in [4.78, 5) is 33.1. The predicted octanol–water partition coefficient (Wildman–Crippen LogP) is 5.09. The van der Waals surface area contributed by atoms with Crippen LogP contribution in [0.2, 0.25) is 0 Å². The summed E-state index contributed by atoms with van der Waals surface area (Å²) in [6, 6.07) is 19.4. The summed E-state index contributed by atoms with van der Waals surface area (Å²) in [5.74, 6) is 1.75. The molecule has 2 aliphatic heterocycles. The van der Waals surface area contributed by atoms with E-state index in [2.05, 4.69) is 31.1 Å². The van der Waals surface area contributed by atoms with Crippen LogP contribution in [0.25, 0.3) is 5.69 Å². The highest BCUT2D eigenvalue weighted by atomic mass is 32.2. The molecule has 2 aliphatic rings. The van der Waals surface area contributed by atoms with E-state index in [0.717, 1.165) is 33.8 Å². The molecule has 2 aromatic carbocycles. The maximum atomic E-state index is 13.9. The van der Waals surface area contributed by atoms with Gasteiger partial charge >= 0.3 is 0 Å². The lowest BCUT2D eigenvalue weighted by molar-refractivity contribution is -0.123. The number of carbonyl (C=O) groups is 2. The molecule has 1 N–H and O–H groups in total. The fourth-order valence-electron chi connectivity index (χ4n) is 5.27. The zero-order valence-corrected chi connectivity index (χ0v) is 24.9. The van der Waals surface area contributed by atoms with Crippen molar-refractivity contribution in [1.82, 2.24) is 20.1 Å². The molecule has 0 bridgehead atoms. The van der Waals surface area contributed by atoms with Gasteiger partial charge in [-0.15, -0.1) is 11.8 Å². The van der Waals surface area contributed by atoms with Gasteiger partial charge in [0.05, 0.1) is 34.6 Å². The Labute approximate surface area is 249 Å². The molecular weight excluding hydrogens is 550 g/mol. The Bertz CT molecular complexity index is 1650. The molecule has 6 rings (SSSR count). The molecule has 1 atom stereocenters. The van der Waals surface area contributed by atoms with E-state index in [1.165, 1.54) is 11.8 Å². The number of carbonyl (C=O) groups excluding carboxylic acids is 2. The Morgan fingerprint density at radius 1 is 1.07 bits per heavy atom. The minimum Gasteiger partial charge on any atom is -0.454 e. The van der Waals surface area contributed by atoms with Gasteiger partial charge in [0.1, 0.15) is 12.4 Å². The Balaban J connectivity index is 1.49. The van der Waals surface area contributed by atoms with Gasteiger partial charge in [0.25, 0.3) is 0 Å². The van der Waals surface area contributed by atoms with Crippen LogP contribution in [0.15, 0.2) is 66.9 Å². The van der Waals surface area contributed by atoms with E-state index in [0.29, 0.717) is 17.3 Å². The number of fused-ring (bicyclic) bond motifs is 2. The Kier molecular flexibility index (Phi) is 7.40. The average Bonchev–Trinajstić information content (AvgIpc) is 3.58. The van der Waals surface area contributed by atoms with Gasteiger partial charge in [-0.05, 0) is 48.4 Å². The quantitative estimate of drug-likeness (QED) is 0.338. The van der Waals surface area contributed by atoms with Crippen molar-refractivity contribution in [1.29, 1.82) is 0 Å². The van der Waals surface area contributed by atoms with Crippen molar-refractivity contribution >= 4 is 29.4 Å². The highest BCUT2D eigenvalue weighted by Gasteiger charge is 2.40. The summed E-state index contributed by atoms with van der Waals surface area (Å²) in [6.07, 6.45) is 1.69. The van der Waals surface area contributed by atoms with Gasteiger partial charge in [-0.1, -0.05) is 51.1 Å². The molecule has 2 amide bonds. The lowest BCUT2D eigenvalue weighted by Gasteiger charge is -2.25. The third kappa shape index (κ3) is 5.34. The first-order chi connectivity index (χ1) is 20.2. The van der Waals surface area contributed by atoms with E-state index < -0.39 is 0 Å². The van der Waals surface area contributed by atoms with Crippen molar-refractivity contribution in [2.75, 3.05) is 24.0 Å². The second-order valence-corrected chi connectivity index (χ2v) is 12.5. The summed E-state index contributed by atoms with van der Waals surface area (Å²) >= 11 is 1.53. The number of benzene rings is 2. The highest BCUT2D eigenvalue weighted by molar-refractivity contribution is 8.00. The topological polar surface area (TPSA) is 98.6 Å². The molecule has 9 nitrogen and oxygen atoms in total. The Morgan fingerprint density at radius 3 is 2.62 bits per heavy atom. The van der Waals surface area contributed by atoms with Crippen LogP contribution in [0.1, 0.15) is 54.1 Å². The molecule has 216 valence electrons. The van der Waals surface area contributed by atoms with E-state index in [-0.39, 0.29) is 48.1 Å². The first-order valence-electron chi connectivity index (χ1n) is 13.9. The Morgan fingerprint density at radius 2 is 1.86 bits per heavy atom. The molecule has 2 aromatic heterocycles. The van der Waals surface area contributed by atoms with E-state index in [1.54, 1.807) is 11.1 Å². The van der Waals surface area contributed by atoms with Crippen molar-refractivity contribution in [3.05, 3.63) is 94.9 Å². The SMILES string of the molecule is Cc1ccccc1-n1nc(C(C)(C)C)c2c1N(CC(=O)NCc1ccccn1)C(=O)CS[C@@H]2c1ccc2c(c1)OCO2. The molecule has 4 aromatic rings. The molecule has 0 saturated carbocycles. The molecule has 0 unspecified atom stereocenters. The van der Waals surface area contributed by atoms with E-state index in [1.807, 2.05) is 72.3 Å². The summed E-state index contributed by atoms with van der Waals surface area (Å²) in [6.45, 7) is 8.69. The fraction of sp³-hybridized carbons (Fsp3) is 0.312. The number of rotatable bonds is 6. The van der Waals surface area contributed by atoms with Crippen molar-refractivity contribution in [3.8, 4) is 17.2 Å². The molecular formula is C32H33N5O4S. The lowest BCUT2D eigenvalue weighted by Crippen LogP contribution is -2.42. The van der Waals surface area contributed by atoms with Crippen LogP contribution < -0.4 is 19.7 Å². The first kappa shape index (κ1) is 27.8. The van der Waals surface area contributed by atoms with Crippen molar-refractivity contribution in [2.24, 2.45) is 0 Å². The second-order valence-electron chi connectivity index (χ2n) is 11.4. The molecule has 0 fully saturated rings. The molecule has 4 heterocycles. The smallest absolute Gasteiger partial charge is 0.240 e. The van der Waals surface area contributed by atoms with E-state index >= 15 is 0 Å². The third-order valence-corrected chi connectivity index (χ3v) is 8.59. The number of amides is 2. The summed E-state index contributed by atoms with van der Waals surface area (Å²) in [5, 5.41) is 7.89. The van der Waals surface area contributed by atoms with Gasteiger partial charge in [-0.3, -0.25) is 19.5 Å². The molecule has 0 spiro atoms. The standard InChI is InChI=1S/C32H33N5O4S/c1-20-9-5-6-11-23(20)37-31-28(30(35-37)32(2,3)4)29(21-12-13-24-25(15-21)41-19-40-24)42-18-27(39)36(31)17-26(38)34-16-22-10-7-8-14-33-22/h5-15,29H,16-19H2,1-4H3,(H,34,38)/t29-/m1/s1. The van der Waals surface area contributed by atoms with E-state index in [4.69, 9.17) is 14.6 Å². The zero-order valence-electron chi connectivity index (χ0n) is 24.1. The molecule has 0 saturated heterocycles. The van der Waals surface area contributed by atoms with E-state index in [9.17, 15) is 9.59 Å². The normalized spacial score (nSPS) is 16.2. The van der Waals surface area contributed by atoms with Crippen LogP contribution in [0.3, 0.4) is 0 Å². The van der Waals surface area contributed by atoms with Crippen LogP contribution in [-0.2, 0) is 21.5 Å². The monoisotopic (exact) mass is 583 g/mol. The first-order valence-corrected chi connectivity index (χ1v) is 14.9. The number of hydrogen-bond donors (Lipinski definition) is 1. The molecule has 42 heavy (non-hydrogen) atoms. The van der Waals surface area contributed by atoms with Crippen LogP contribution in [0.5, 0.6) is 11.5 Å². The number of pyridine rings is 1. The number of nitrogens with zero attached hydrogens (tertiary/aromatic N) is 4. The molecule has 0 radical (unpaired) electrons. The number of aromatic nitrogens is 3. The summed E-state index contributed by atoms with van der Waals surface area (Å²) in [5.41, 5.74) is 5.01.